The summed E-state index contributed by atoms with van der Waals surface area (Å²) in [6, 6.07) is 7.27. The zero-order valence-electron chi connectivity index (χ0n) is 12.5. The topological polar surface area (TPSA) is 75.4 Å². The Hall–Kier alpha value is -2.63. The number of amides is 2. The second kappa shape index (κ2) is 7.97. The van der Waals surface area contributed by atoms with Crippen molar-refractivity contribution >= 4 is 11.8 Å². The van der Waals surface area contributed by atoms with Gasteiger partial charge in [-0.05, 0) is 29.8 Å². The van der Waals surface area contributed by atoms with Crippen LogP contribution in [0.1, 0.15) is 24.7 Å². The number of nitrogens with one attached hydrogen (secondary N) is 1. The summed E-state index contributed by atoms with van der Waals surface area (Å²) in [5.41, 5.74) is 0.988. The summed E-state index contributed by atoms with van der Waals surface area (Å²) >= 11 is 0. The van der Waals surface area contributed by atoms with E-state index < -0.39 is 0 Å². The van der Waals surface area contributed by atoms with Crippen LogP contribution in [-0.2, 0) is 22.7 Å². The number of furan rings is 1. The van der Waals surface area contributed by atoms with Crippen LogP contribution in [-0.4, -0.2) is 28.2 Å². The van der Waals surface area contributed by atoms with Crippen molar-refractivity contribution in [2.45, 2.75) is 26.4 Å². The molecule has 0 saturated heterocycles. The second-order valence-corrected chi connectivity index (χ2v) is 4.90. The van der Waals surface area contributed by atoms with E-state index in [1.807, 2.05) is 12.1 Å². The maximum absolute atomic E-state index is 11.9. The smallest absolute Gasteiger partial charge is 0.222 e. The lowest BCUT2D eigenvalue weighted by molar-refractivity contribution is -0.130. The van der Waals surface area contributed by atoms with E-state index in [2.05, 4.69) is 10.3 Å². The maximum Gasteiger partial charge on any atom is 0.222 e. The molecule has 0 spiro atoms. The van der Waals surface area contributed by atoms with Gasteiger partial charge in [-0.3, -0.25) is 14.6 Å². The summed E-state index contributed by atoms with van der Waals surface area (Å²) in [6.07, 6.45) is 5.19. The molecule has 0 aliphatic rings. The predicted octanol–water partition coefficient (Wildman–Crippen LogP) is 1.73. The van der Waals surface area contributed by atoms with Gasteiger partial charge in [0.15, 0.2) is 0 Å². The number of pyridine rings is 1. The highest BCUT2D eigenvalue weighted by Crippen LogP contribution is 2.06. The second-order valence-electron chi connectivity index (χ2n) is 4.90. The Kier molecular flexibility index (Phi) is 5.71. The highest BCUT2D eigenvalue weighted by atomic mass is 16.3. The first-order valence-corrected chi connectivity index (χ1v) is 7.08. The van der Waals surface area contributed by atoms with Crippen molar-refractivity contribution in [3.8, 4) is 0 Å². The molecule has 0 saturated carbocycles. The number of hydrogen-bond acceptors (Lipinski definition) is 4. The largest absolute Gasteiger partial charge is 0.467 e. The van der Waals surface area contributed by atoms with Crippen molar-refractivity contribution in [1.82, 2.24) is 15.2 Å². The summed E-state index contributed by atoms with van der Waals surface area (Å²) in [6.45, 7) is 2.68. The quantitative estimate of drug-likeness (QED) is 0.845. The fourth-order valence-electron chi connectivity index (χ4n) is 1.96. The van der Waals surface area contributed by atoms with Crippen LogP contribution in [0.3, 0.4) is 0 Å². The average Bonchev–Trinajstić information content (AvgIpc) is 3.03. The summed E-state index contributed by atoms with van der Waals surface area (Å²) in [4.78, 5) is 29.0. The molecule has 0 aliphatic heterocycles. The molecule has 0 unspecified atom stereocenters. The Morgan fingerprint density at radius 1 is 1.27 bits per heavy atom. The third-order valence-corrected chi connectivity index (χ3v) is 3.22. The van der Waals surface area contributed by atoms with Crippen LogP contribution in [0.4, 0.5) is 0 Å². The first-order valence-electron chi connectivity index (χ1n) is 7.08. The molecule has 2 rings (SSSR count). The van der Waals surface area contributed by atoms with Crippen LogP contribution >= 0.6 is 0 Å². The van der Waals surface area contributed by atoms with E-state index in [0.29, 0.717) is 25.4 Å². The molecular formula is C16H19N3O3. The van der Waals surface area contributed by atoms with Gasteiger partial charge in [-0.15, -0.1) is 0 Å². The molecule has 0 atom stereocenters. The molecule has 2 amide bonds. The monoisotopic (exact) mass is 301 g/mol. The lowest BCUT2D eigenvalue weighted by Gasteiger charge is -2.19. The molecule has 0 radical (unpaired) electrons. The molecular weight excluding hydrogens is 282 g/mol. The molecule has 2 aromatic rings. The zero-order chi connectivity index (χ0) is 15.8. The van der Waals surface area contributed by atoms with Gasteiger partial charge in [0.1, 0.15) is 5.76 Å². The molecule has 0 bridgehead atoms. The molecule has 116 valence electrons. The lowest BCUT2D eigenvalue weighted by Crippen LogP contribution is -2.33. The molecule has 2 aromatic heterocycles. The van der Waals surface area contributed by atoms with Crippen LogP contribution in [0.5, 0.6) is 0 Å². The fourth-order valence-corrected chi connectivity index (χ4v) is 1.96. The molecule has 0 aliphatic carbocycles. The van der Waals surface area contributed by atoms with Crippen LogP contribution in [0.2, 0.25) is 0 Å². The van der Waals surface area contributed by atoms with E-state index >= 15 is 0 Å². The molecule has 0 aromatic carbocycles. The van der Waals surface area contributed by atoms with Gasteiger partial charge < -0.3 is 14.6 Å². The molecule has 2 heterocycles. The van der Waals surface area contributed by atoms with Gasteiger partial charge in [-0.25, -0.2) is 0 Å². The minimum Gasteiger partial charge on any atom is -0.467 e. The van der Waals surface area contributed by atoms with E-state index in [1.165, 1.54) is 6.92 Å². The van der Waals surface area contributed by atoms with Crippen molar-refractivity contribution in [2.24, 2.45) is 0 Å². The van der Waals surface area contributed by atoms with Crippen molar-refractivity contribution in [1.29, 1.82) is 0 Å². The fraction of sp³-hybridized carbons (Fsp3) is 0.312. The van der Waals surface area contributed by atoms with Gasteiger partial charge in [-0.2, -0.15) is 0 Å². The van der Waals surface area contributed by atoms with Crippen molar-refractivity contribution < 1.29 is 14.0 Å². The first-order chi connectivity index (χ1) is 10.6. The van der Waals surface area contributed by atoms with Gasteiger partial charge in [0.05, 0.1) is 12.8 Å². The minimum atomic E-state index is -0.0949. The van der Waals surface area contributed by atoms with Crippen LogP contribution < -0.4 is 5.32 Å². The summed E-state index contributed by atoms with van der Waals surface area (Å²) < 4.78 is 5.23. The van der Waals surface area contributed by atoms with Crippen LogP contribution in [0, 0.1) is 0 Å². The third kappa shape index (κ3) is 5.05. The van der Waals surface area contributed by atoms with Crippen molar-refractivity contribution in [3.63, 3.8) is 0 Å². The molecule has 6 nitrogen and oxygen atoms in total. The van der Waals surface area contributed by atoms with Gasteiger partial charge in [0.2, 0.25) is 11.8 Å². The maximum atomic E-state index is 11.9. The number of carbonyl (C=O) groups is 2. The van der Waals surface area contributed by atoms with E-state index in [9.17, 15) is 9.59 Å². The standard InChI is InChI=1S/C16H19N3O3/c1-13(20)19(12-15-3-2-10-22-15)9-6-16(21)18-11-14-4-7-17-8-5-14/h2-5,7-8,10H,6,9,11-12H2,1H3,(H,18,21). The zero-order valence-corrected chi connectivity index (χ0v) is 12.5. The summed E-state index contributed by atoms with van der Waals surface area (Å²) in [5, 5.41) is 2.82. The van der Waals surface area contributed by atoms with Crippen molar-refractivity contribution in [3.05, 3.63) is 54.2 Å². The van der Waals surface area contributed by atoms with Gasteiger partial charge in [0.25, 0.3) is 0 Å². The molecule has 22 heavy (non-hydrogen) atoms. The number of carbonyl (C=O) groups excluding carboxylic acids is 2. The number of hydrogen-bond donors (Lipinski definition) is 1. The third-order valence-electron chi connectivity index (χ3n) is 3.22. The van der Waals surface area contributed by atoms with E-state index in [4.69, 9.17) is 4.42 Å². The summed E-state index contributed by atoms with van der Waals surface area (Å²) in [5.74, 6) is 0.522. The van der Waals surface area contributed by atoms with E-state index in [0.717, 1.165) is 5.56 Å². The van der Waals surface area contributed by atoms with Gasteiger partial charge in [-0.1, -0.05) is 0 Å². The lowest BCUT2D eigenvalue weighted by atomic mass is 10.2. The van der Waals surface area contributed by atoms with Crippen LogP contribution in [0.15, 0.2) is 47.3 Å². The SMILES string of the molecule is CC(=O)N(CCC(=O)NCc1ccncc1)Cc1ccco1. The van der Waals surface area contributed by atoms with E-state index in [1.54, 1.807) is 35.7 Å². The normalized spacial score (nSPS) is 10.2. The van der Waals surface area contributed by atoms with E-state index in [-0.39, 0.29) is 18.2 Å². The van der Waals surface area contributed by atoms with Gasteiger partial charge in [0, 0.05) is 38.8 Å². The molecule has 6 heteroatoms. The molecule has 1 N–H and O–H groups in total. The first kappa shape index (κ1) is 15.8. The van der Waals surface area contributed by atoms with Crippen LogP contribution in [0.25, 0.3) is 0 Å². The average molecular weight is 301 g/mol. The molecule has 0 fully saturated rings. The minimum absolute atomic E-state index is 0.0849. The van der Waals surface area contributed by atoms with Gasteiger partial charge >= 0.3 is 0 Å². The Bertz CT molecular complexity index is 596. The number of aromatic nitrogens is 1. The number of nitrogens with zero attached hydrogens (tertiary/aromatic N) is 2. The van der Waals surface area contributed by atoms with Crippen molar-refractivity contribution in [2.75, 3.05) is 6.54 Å². The highest BCUT2D eigenvalue weighted by molar-refractivity contribution is 5.78. The Morgan fingerprint density at radius 2 is 2.05 bits per heavy atom. The highest BCUT2D eigenvalue weighted by Gasteiger charge is 2.13. The predicted molar refractivity (Wildman–Crippen MR) is 80.5 cm³/mol. The number of rotatable bonds is 7. The Morgan fingerprint density at radius 3 is 2.68 bits per heavy atom. The summed E-state index contributed by atoms with van der Waals surface area (Å²) in [7, 11) is 0. The Labute approximate surface area is 129 Å². The Balaban J connectivity index is 1.76.